The van der Waals surface area contributed by atoms with E-state index in [-0.39, 0.29) is 6.04 Å². The molecule has 0 saturated carbocycles. The van der Waals surface area contributed by atoms with Crippen molar-refractivity contribution in [3.05, 3.63) is 53.1 Å². The van der Waals surface area contributed by atoms with E-state index in [0.717, 1.165) is 30.4 Å². The lowest BCUT2D eigenvalue weighted by molar-refractivity contribution is 0.171. The molecule has 0 spiro atoms. The van der Waals surface area contributed by atoms with Gasteiger partial charge >= 0.3 is 0 Å². The highest BCUT2D eigenvalue weighted by Crippen LogP contribution is 2.33. The van der Waals surface area contributed by atoms with Gasteiger partial charge < -0.3 is 9.47 Å². The number of aryl methyl sites for hydroxylation is 2. The molecule has 0 unspecified atom stereocenters. The van der Waals surface area contributed by atoms with Crippen molar-refractivity contribution in [2.75, 3.05) is 13.2 Å². The first-order chi connectivity index (χ1) is 12.5. The van der Waals surface area contributed by atoms with Crippen LogP contribution in [0.3, 0.4) is 0 Å². The van der Waals surface area contributed by atoms with Crippen LogP contribution >= 0.6 is 0 Å². The Balaban J connectivity index is 1.55. The number of ether oxygens (including phenoxy) is 2. The Morgan fingerprint density at radius 1 is 0.923 bits per heavy atom. The van der Waals surface area contributed by atoms with Crippen LogP contribution in [-0.4, -0.2) is 21.6 Å². The Hall–Kier alpha value is -2.05. The second-order valence-electron chi connectivity index (χ2n) is 6.88. The summed E-state index contributed by atoms with van der Waals surface area (Å²) >= 11 is 0. The number of fused-ring (bicyclic) bond motifs is 2. The van der Waals surface area contributed by atoms with Crippen molar-refractivity contribution >= 4 is 10.0 Å². The van der Waals surface area contributed by atoms with Gasteiger partial charge in [-0.15, -0.1) is 0 Å². The molecule has 2 aromatic rings. The van der Waals surface area contributed by atoms with Gasteiger partial charge in [-0.25, -0.2) is 13.1 Å². The van der Waals surface area contributed by atoms with Crippen molar-refractivity contribution in [3.8, 4) is 11.5 Å². The molecule has 0 amide bonds. The van der Waals surface area contributed by atoms with E-state index in [0.29, 0.717) is 29.6 Å². The minimum absolute atomic E-state index is 0.336. The van der Waals surface area contributed by atoms with Crippen LogP contribution in [0.4, 0.5) is 0 Å². The summed E-state index contributed by atoms with van der Waals surface area (Å²) in [7, 11) is -3.58. The van der Waals surface area contributed by atoms with E-state index in [9.17, 15) is 8.42 Å². The molecule has 138 valence electrons. The average Bonchev–Trinajstić information content (AvgIpc) is 2.67. The molecule has 0 fully saturated rings. The average molecular weight is 373 g/mol. The van der Waals surface area contributed by atoms with Gasteiger partial charge in [0, 0.05) is 6.04 Å². The van der Waals surface area contributed by atoms with Crippen LogP contribution in [0.15, 0.2) is 41.3 Å². The van der Waals surface area contributed by atoms with E-state index in [1.165, 1.54) is 12.0 Å². The second-order valence-corrected chi connectivity index (χ2v) is 8.60. The molecule has 1 aliphatic heterocycles. The fraction of sp³-hybridized carbons (Fsp3) is 0.400. The Labute approximate surface area is 154 Å². The third-order valence-electron chi connectivity index (χ3n) is 5.03. The molecule has 0 saturated heterocycles. The van der Waals surface area contributed by atoms with Crippen LogP contribution in [0, 0.1) is 0 Å². The first kappa shape index (κ1) is 17.4. The van der Waals surface area contributed by atoms with Gasteiger partial charge in [0.05, 0.1) is 4.90 Å². The van der Waals surface area contributed by atoms with Gasteiger partial charge in [0.25, 0.3) is 0 Å². The van der Waals surface area contributed by atoms with Crippen molar-refractivity contribution in [2.45, 2.75) is 43.5 Å². The number of rotatable bonds is 4. The van der Waals surface area contributed by atoms with Gasteiger partial charge in [-0.2, -0.15) is 0 Å². The molecule has 4 rings (SSSR count). The van der Waals surface area contributed by atoms with Crippen LogP contribution in [0.5, 0.6) is 11.5 Å². The van der Waals surface area contributed by atoms with E-state index in [4.69, 9.17) is 9.47 Å². The maximum atomic E-state index is 12.8. The zero-order valence-electron chi connectivity index (χ0n) is 14.8. The number of hydrogen-bond donors (Lipinski definition) is 1. The van der Waals surface area contributed by atoms with Gasteiger partial charge in [-0.05, 0) is 73.6 Å². The first-order valence-corrected chi connectivity index (χ1v) is 10.5. The normalized spacial score (nSPS) is 17.4. The predicted octanol–water partition coefficient (Wildman–Crippen LogP) is 3.38. The summed E-state index contributed by atoms with van der Waals surface area (Å²) in [5.74, 6) is 1.36. The van der Waals surface area contributed by atoms with Crippen LogP contribution in [0.2, 0.25) is 0 Å². The van der Waals surface area contributed by atoms with Gasteiger partial charge in [0.15, 0.2) is 11.5 Å². The quantitative estimate of drug-likeness (QED) is 0.892. The zero-order valence-corrected chi connectivity index (χ0v) is 15.6. The fourth-order valence-corrected chi connectivity index (χ4v) is 4.86. The summed E-state index contributed by atoms with van der Waals surface area (Å²) < 4.78 is 39.5. The summed E-state index contributed by atoms with van der Waals surface area (Å²) in [5, 5.41) is 0. The lowest BCUT2D eigenvalue weighted by Gasteiger charge is -2.21. The number of hydrogen-bond acceptors (Lipinski definition) is 4. The Kier molecular flexibility index (Phi) is 4.63. The third-order valence-corrected chi connectivity index (χ3v) is 6.57. The molecule has 2 aromatic carbocycles. The SMILES string of the molecule is C[C@H](NS(=O)(=O)c1ccc2c(c1)CCCC2)c1ccc2c(c1)OCCO2. The van der Waals surface area contributed by atoms with E-state index in [1.54, 1.807) is 6.07 Å². The van der Waals surface area contributed by atoms with E-state index in [2.05, 4.69) is 4.72 Å². The monoisotopic (exact) mass is 373 g/mol. The number of sulfonamides is 1. The molecular formula is C20H23NO4S. The molecule has 26 heavy (non-hydrogen) atoms. The Morgan fingerprint density at radius 2 is 1.65 bits per heavy atom. The third kappa shape index (κ3) is 3.44. The summed E-state index contributed by atoms with van der Waals surface area (Å²) in [6.07, 6.45) is 4.29. The Morgan fingerprint density at radius 3 is 2.46 bits per heavy atom. The highest BCUT2D eigenvalue weighted by molar-refractivity contribution is 7.89. The highest BCUT2D eigenvalue weighted by atomic mass is 32.2. The van der Waals surface area contributed by atoms with Crippen molar-refractivity contribution in [3.63, 3.8) is 0 Å². The molecular weight excluding hydrogens is 350 g/mol. The first-order valence-electron chi connectivity index (χ1n) is 9.07. The highest BCUT2D eigenvalue weighted by Gasteiger charge is 2.22. The number of nitrogens with one attached hydrogen (secondary N) is 1. The van der Waals surface area contributed by atoms with Crippen LogP contribution in [-0.2, 0) is 22.9 Å². The van der Waals surface area contributed by atoms with Crippen molar-refractivity contribution in [1.82, 2.24) is 4.72 Å². The lowest BCUT2D eigenvalue weighted by atomic mass is 9.92. The largest absolute Gasteiger partial charge is 0.486 e. The molecule has 1 atom stereocenters. The molecule has 2 aliphatic rings. The molecule has 1 aliphatic carbocycles. The fourth-order valence-electron chi connectivity index (χ4n) is 3.58. The molecule has 6 heteroatoms. The van der Waals surface area contributed by atoms with Gasteiger partial charge in [0.1, 0.15) is 13.2 Å². The smallest absolute Gasteiger partial charge is 0.241 e. The van der Waals surface area contributed by atoms with E-state index < -0.39 is 10.0 Å². The summed E-state index contributed by atoms with van der Waals surface area (Å²) in [6, 6.07) is 10.7. The summed E-state index contributed by atoms with van der Waals surface area (Å²) in [4.78, 5) is 0.336. The minimum Gasteiger partial charge on any atom is -0.486 e. The van der Waals surface area contributed by atoms with Crippen molar-refractivity contribution in [2.24, 2.45) is 0 Å². The zero-order chi connectivity index (χ0) is 18.1. The Bertz CT molecular complexity index is 923. The molecule has 0 aromatic heterocycles. The molecule has 0 radical (unpaired) electrons. The van der Waals surface area contributed by atoms with Crippen LogP contribution in [0.1, 0.15) is 42.5 Å². The second kappa shape index (κ2) is 6.93. The summed E-state index contributed by atoms with van der Waals surface area (Å²) in [6.45, 7) is 2.87. The molecule has 1 heterocycles. The maximum absolute atomic E-state index is 12.8. The van der Waals surface area contributed by atoms with Gasteiger partial charge in [-0.3, -0.25) is 0 Å². The lowest BCUT2D eigenvalue weighted by Crippen LogP contribution is -2.27. The predicted molar refractivity (Wildman–Crippen MR) is 99.3 cm³/mol. The van der Waals surface area contributed by atoms with Gasteiger partial charge in [-0.1, -0.05) is 12.1 Å². The standard InChI is InChI=1S/C20H23NO4S/c1-14(16-7-9-19-20(13-16)25-11-10-24-19)21-26(22,23)18-8-6-15-4-2-3-5-17(15)12-18/h6-9,12-14,21H,2-5,10-11H2,1H3/t14-/m0/s1. The molecule has 5 nitrogen and oxygen atoms in total. The van der Waals surface area contributed by atoms with Gasteiger partial charge in [0.2, 0.25) is 10.0 Å². The maximum Gasteiger partial charge on any atom is 0.241 e. The number of benzene rings is 2. The van der Waals surface area contributed by atoms with Crippen molar-refractivity contribution in [1.29, 1.82) is 0 Å². The van der Waals surface area contributed by atoms with E-state index in [1.807, 2.05) is 37.3 Å². The van der Waals surface area contributed by atoms with E-state index >= 15 is 0 Å². The molecule has 0 bridgehead atoms. The van der Waals surface area contributed by atoms with Crippen molar-refractivity contribution < 1.29 is 17.9 Å². The summed E-state index contributed by atoms with van der Waals surface area (Å²) in [5.41, 5.74) is 3.27. The van der Waals surface area contributed by atoms with Crippen LogP contribution < -0.4 is 14.2 Å². The van der Waals surface area contributed by atoms with Crippen LogP contribution in [0.25, 0.3) is 0 Å². The molecule has 1 N–H and O–H groups in total. The minimum atomic E-state index is -3.58. The topological polar surface area (TPSA) is 64.6 Å².